The first kappa shape index (κ1) is 14.7. The summed E-state index contributed by atoms with van der Waals surface area (Å²) in [7, 11) is 0. The topological polar surface area (TPSA) is 124 Å². The number of H-pyrrole nitrogens is 1. The first-order valence-corrected chi connectivity index (χ1v) is 6.98. The Morgan fingerprint density at radius 3 is 2.83 bits per heavy atom. The third-order valence-corrected chi connectivity index (χ3v) is 3.22. The number of hydrazine groups is 1. The Balaban J connectivity index is 1.90. The Morgan fingerprint density at radius 1 is 1.26 bits per heavy atom. The molecule has 0 aliphatic carbocycles. The Kier molecular flexibility index (Phi) is 3.75. The van der Waals surface area contributed by atoms with Crippen molar-refractivity contribution in [2.45, 2.75) is 19.8 Å². The van der Waals surface area contributed by atoms with Crippen molar-refractivity contribution in [1.82, 2.24) is 20.5 Å². The monoisotopic (exact) mass is 315 g/mol. The third kappa shape index (κ3) is 3.03. The fourth-order valence-corrected chi connectivity index (χ4v) is 2.20. The van der Waals surface area contributed by atoms with Gasteiger partial charge < -0.3 is 5.11 Å². The number of carbonyl (C=O) groups excluding carboxylic acids is 1. The number of aryl methyl sites for hydroxylation is 1. The van der Waals surface area contributed by atoms with Crippen LogP contribution in [0.2, 0.25) is 0 Å². The van der Waals surface area contributed by atoms with Gasteiger partial charge >= 0.3 is 11.9 Å². The minimum atomic E-state index is -1.02. The normalized spacial score (nSPS) is 10.8. The van der Waals surface area contributed by atoms with E-state index in [0.717, 1.165) is 10.9 Å². The molecule has 0 unspecified atom stereocenters. The number of amides is 1. The van der Waals surface area contributed by atoms with E-state index in [1.54, 1.807) is 4.52 Å². The van der Waals surface area contributed by atoms with Gasteiger partial charge in [0.15, 0.2) is 5.82 Å². The van der Waals surface area contributed by atoms with Crippen LogP contribution in [0.5, 0.6) is 0 Å². The summed E-state index contributed by atoms with van der Waals surface area (Å²) in [6.07, 6.45) is -0.351. The molecule has 0 bridgehead atoms. The molecule has 0 aliphatic rings. The van der Waals surface area contributed by atoms with Gasteiger partial charge in [-0.05, 0) is 12.1 Å². The van der Waals surface area contributed by atoms with Crippen molar-refractivity contribution in [2.24, 2.45) is 0 Å². The SMILES string of the molecule is Cc1nc2c3ccccc3nc(NNC(=O)CCC(=O)O)[n+]2[nH]1. The number of anilines is 1. The van der Waals surface area contributed by atoms with Crippen molar-refractivity contribution in [3.8, 4) is 0 Å². The van der Waals surface area contributed by atoms with Crippen molar-refractivity contribution in [3.05, 3.63) is 30.1 Å². The van der Waals surface area contributed by atoms with Gasteiger partial charge in [0.05, 0.1) is 11.8 Å². The van der Waals surface area contributed by atoms with E-state index in [0.29, 0.717) is 17.4 Å². The standard InChI is InChI=1S/C14H14N6O3/c1-8-15-13-9-4-2-3-5-10(9)16-14(20(13)19-8)18-17-11(21)6-7-12(22)23/h2-5H,6-7H2,1H3,(H3,15,16,17,18,19,21,22,23)/p+1. The predicted molar refractivity (Wildman–Crippen MR) is 80.4 cm³/mol. The smallest absolute Gasteiger partial charge is 0.391 e. The van der Waals surface area contributed by atoms with Crippen LogP contribution in [0.4, 0.5) is 5.95 Å². The van der Waals surface area contributed by atoms with Crippen molar-refractivity contribution < 1.29 is 19.2 Å². The van der Waals surface area contributed by atoms with Gasteiger partial charge in [-0.25, -0.2) is 10.5 Å². The highest BCUT2D eigenvalue weighted by molar-refractivity contribution is 5.89. The lowest BCUT2D eigenvalue weighted by Crippen LogP contribution is -2.38. The highest BCUT2D eigenvalue weighted by Crippen LogP contribution is 2.15. The van der Waals surface area contributed by atoms with Crippen LogP contribution in [0, 0.1) is 6.92 Å². The number of fused-ring (bicyclic) bond motifs is 3. The minimum Gasteiger partial charge on any atom is -0.481 e. The summed E-state index contributed by atoms with van der Waals surface area (Å²) in [5.74, 6) is -0.413. The minimum absolute atomic E-state index is 0.119. The lowest BCUT2D eigenvalue weighted by atomic mass is 10.2. The van der Waals surface area contributed by atoms with Gasteiger partial charge in [0.1, 0.15) is 5.52 Å². The molecule has 118 valence electrons. The number of para-hydroxylation sites is 1. The molecule has 4 N–H and O–H groups in total. The number of aromatic nitrogens is 4. The molecular formula is C14H15N6O3+. The van der Waals surface area contributed by atoms with Gasteiger partial charge in [-0.15, -0.1) is 14.5 Å². The van der Waals surface area contributed by atoms with Crippen LogP contribution < -0.4 is 15.4 Å². The molecule has 9 nitrogen and oxygen atoms in total. The van der Waals surface area contributed by atoms with Crippen LogP contribution in [-0.2, 0) is 9.59 Å². The molecule has 1 amide bonds. The third-order valence-electron chi connectivity index (χ3n) is 3.22. The van der Waals surface area contributed by atoms with Gasteiger partial charge in [-0.2, -0.15) is 5.43 Å². The Bertz CT molecular complexity index is 904. The van der Waals surface area contributed by atoms with Crippen molar-refractivity contribution in [1.29, 1.82) is 0 Å². The zero-order valence-electron chi connectivity index (χ0n) is 12.3. The zero-order chi connectivity index (χ0) is 16.4. The largest absolute Gasteiger partial charge is 0.481 e. The van der Waals surface area contributed by atoms with E-state index < -0.39 is 11.9 Å². The van der Waals surface area contributed by atoms with E-state index in [1.807, 2.05) is 31.2 Å². The van der Waals surface area contributed by atoms with Crippen LogP contribution in [0.15, 0.2) is 24.3 Å². The number of carbonyl (C=O) groups is 2. The summed E-state index contributed by atoms with van der Waals surface area (Å²) in [4.78, 5) is 31.0. The fraction of sp³-hybridized carbons (Fsp3) is 0.214. The molecule has 2 aromatic heterocycles. The van der Waals surface area contributed by atoms with E-state index in [-0.39, 0.29) is 12.8 Å². The number of aliphatic carboxylic acids is 1. The molecule has 23 heavy (non-hydrogen) atoms. The van der Waals surface area contributed by atoms with Gasteiger partial charge in [0.25, 0.3) is 5.65 Å². The molecule has 0 saturated heterocycles. The van der Waals surface area contributed by atoms with Gasteiger partial charge in [0.2, 0.25) is 5.91 Å². The summed E-state index contributed by atoms with van der Waals surface area (Å²) < 4.78 is 1.62. The zero-order valence-corrected chi connectivity index (χ0v) is 12.3. The second-order valence-electron chi connectivity index (χ2n) is 4.99. The van der Waals surface area contributed by atoms with Gasteiger partial charge in [0, 0.05) is 13.3 Å². The van der Waals surface area contributed by atoms with E-state index in [2.05, 4.69) is 25.9 Å². The average molecular weight is 315 g/mol. The van der Waals surface area contributed by atoms with Crippen LogP contribution in [-0.4, -0.2) is 32.0 Å². The molecule has 9 heteroatoms. The average Bonchev–Trinajstić information content (AvgIpc) is 2.92. The summed E-state index contributed by atoms with van der Waals surface area (Å²) in [6.45, 7) is 1.82. The number of hydrogen-bond acceptors (Lipinski definition) is 5. The second kappa shape index (κ2) is 5.87. The fourth-order valence-electron chi connectivity index (χ4n) is 2.20. The number of nitrogens with zero attached hydrogens (tertiary/aromatic N) is 3. The van der Waals surface area contributed by atoms with E-state index >= 15 is 0 Å². The summed E-state index contributed by atoms with van der Waals surface area (Å²) in [5, 5.41) is 12.5. The van der Waals surface area contributed by atoms with Crippen LogP contribution in [0.25, 0.3) is 16.6 Å². The summed E-state index contributed by atoms with van der Waals surface area (Å²) in [6, 6.07) is 7.51. The van der Waals surface area contributed by atoms with Crippen molar-refractivity contribution >= 4 is 34.4 Å². The molecule has 3 rings (SSSR count). The molecule has 1 aromatic carbocycles. The molecule has 0 saturated carbocycles. The molecular weight excluding hydrogens is 300 g/mol. The van der Waals surface area contributed by atoms with Crippen molar-refractivity contribution in [3.63, 3.8) is 0 Å². The lowest BCUT2D eigenvalue weighted by molar-refractivity contribution is -0.564. The molecule has 0 atom stereocenters. The molecule has 0 spiro atoms. The first-order valence-electron chi connectivity index (χ1n) is 6.98. The van der Waals surface area contributed by atoms with Gasteiger partial charge in [-0.1, -0.05) is 12.1 Å². The maximum atomic E-state index is 11.6. The highest BCUT2D eigenvalue weighted by atomic mass is 16.4. The van der Waals surface area contributed by atoms with Gasteiger partial charge in [-0.3, -0.25) is 9.59 Å². The maximum Gasteiger partial charge on any atom is 0.391 e. The summed E-state index contributed by atoms with van der Waals surface area (Å²) >= 11 is 0. The number of aromatic amines is 1. The maximum absolute atomic E-state index is 11.6. The first-order chi connectivity index (χ1) is 11.0. The summed E-state index contributed by atoms with van der Waals surface area (Å²) in [5.41, 5.74) is 6.54. The molecule has 0 radical (unpaired) electrons. The van der Waals surface area contributed by atoms with Crippen LogP contribution in [0.1, 0.15) is 18.7 Å². The lowest BCUT2D eigenvalue weighted by Gasteiger charge is -2.04. The quantitative estimate of drug-likeness (QED) is 0.397. The van der Waals surface area contributed by atoms with Crippen LogP contribution in [0.3, 0.4) is 0 Å². The van der Waals surface area contributed by atoms with E-state index in [1.165, 1.54) is 0 Å². The molecule has 0 aliphatic heterocycles. The number of carboxylic acid groups (broad SMARTS) is 1. The van der Waals surface area contributed by atoms with Crippen molar-refractivity contribution in [2.75, 3.05) is 5.43 Å². The number of hydrogen-bond donors (Lipinski definition) is 4. The van der Waals surface area contributed by atoms with Crippen LogP contribution >= 0.6 is 0 Å². The molecule has 3 aromatic rings. The molecule has 2 heterocycles. The number of carboxylic acids is 1. The second-order valence-corrected chi connectivity index (χ2v) is 4.99. The highest BCUT2D eigenvalue weighted by Gasteiger charge is 2.19. The molecule has 0 fully saturated rings. The number of benzene rings is 1. The Morgan fingerprint density at radius 2 is 2.04 bits per heavy atom. The van der Waals surface area contributed by atoms with E-state index in [4.69, 9.17) is 5.11 Å². The number of nitrogens with one attached hydrogen (secondary N) is 3. The predicted octanol–water partition coefficient (Wildman–Crippen LogP) is 0.313. The Hall–Kier alpha value is -3.23. The van der Waals surface area contributed by atoms with E-state index in [9.17, 15) is 9.59 Å². The number of rotatable bonds is 5. The Labute approximate surface area is 130 Å².